The van der Waals surface area contributed by atoms with Crippen molar-refractivity contribution < 1.29 is 38.7 Å². The Morgan fingerprint density at radius 3 is 1.39 bits per heavy atom. The zero-order chi connectivity index (χ0) is 13.7. The molecule has 1 aliphatic heterocycles. The van der Waals surface area contributed by atoms with Gasteiger partial charge in [-0.15, -0.1) is 0 Å². The molecule has 100 valence electrons. The summed E-state index contributed by atoms with van der Waals surface area (Å²) in [6.07, 6.45) is -1.25. The van der Waals surface area contributed by atoms with E-state index in [9.17, 15) is 19.2 Å². The second-order valence-electron chi connectivity index (χ2n) is 3.34. The molecule has 0 aromatic heterocycles. The van der Waals surface area contributed by atoms with Gasteiger partial charge in [0, 0.05) is 0 Å². The highest BCUT2D eigenvalue weighted by molar-refractivity contribution is 5.85. The molecule has 10 heteroatoms. The maximum absolute atomic E-state index is 11.1. The fourth-order valence-electron chi connectivity index (χ4n) is 0.893. The molecule has 0 amide bonds. The first-order chi connectivity index (χ1) is 8.40. The van der Waals surface area contributed by atoms with E-state index >= 15 is 0 Å². The molecule has 0 bridgehead atoms. The molecule has 1 rings (SSSR count). The van der Waals surface area contributed by atoms with E-state index in [1.807, 2.05) is 0 Å². The Morgan fingerprint density at radius 2 is 1.06 bits per heavy atom. The lowest BCUT2D eigenvalue weighted by Crippen LogP contribution is -2.39. The fourth-order valence-corrected chi connectivity index (χ4v) is 0.893. The van der Waals surface area contributed by atoms with Gasteiger partial charge in [-0.3, -0.25) is 0 Å². The standard InChI is InChI=1S/C8H10N2O8/c9-3-1-5(11)15-18-8(14)4(10)2-6(12)16-17-7(3)13/h3-4H,1-2,9-10H2. The van der Waals surface area contributed by atoms with Crippen molar-refractivity contribution in [2.75, 3.05) is 0 Å². The summed E-state index contributed by atoms with van der Waals surface area (Å²) in [6.45, 7) is 0. The molecular weight excluding hydrogens is 252 g/mol. The summed E-state index contributed by atoms with van der Waals surface area (Å²) in [5.41, 5.74) is 10.4. The molecule has 1 fully saturated rings. The third-order valence-electron chi connectivity index (χ3n) is 1.81. The summed E-state index contributed by atoms with van der Waals surface area (Å²) in [5, 5.41) is 0. The maximum atomic E-state index is 11.1. The predicted octanol–water partition coefficient (Wildman–Crippen LogP) is -2.56. The molecular formula is C8H10N2O8. The Balaban J connectivity index is 2.72. The van der Waals surface area contributed by atoms with Gasteiger partial charge in [0.1, 0.15) is 12.1 Å². The second-order valence-corrected chi connectivity index (χ2v) is 3.34. The maximum Gasteiger partial charge on any atom is 0.372 e. The van der Waals surface area contributed by atoms with Crippen LogP contribution in [0.15, 0.2) is 0 Å². The summed E-state index contributed by atoms with van der Waals surface area (Å²) in [6, 6.07) is -2.84. The molecule has 0 aromatic carbocycles. The van der Waals surface area contributed by atoms with Crippen LogP contribution in [0.3, 0.4) is 0 Å². The van der Waals surface area contributed by atoms with Crippen molar-refractivity contribution in [2.24, 2.45) is 11.5 Å². The van der Waals surface area contributed by atoms with Gasteiger partial charge in [0.15, 0.2) is 0 Å². The number of carbonyl (C=O) groups is 4. The lowest BCUT2D eigenvalue weighted by atomic mass is 10.2. The van der Waals surface area contributed by atoms with Crippen LogP contribution in [-0.2, 0) is 38.7 Å². The molecule has 1 aliphatic rings. The van der Waals surface area contributed by atoms with Crippen molar-refractivity contribution in [3.63, 3.8) is 0 Å². The number of carbonyl (C=O) groups excluding carboxylic acids is 4. The van der Waals surface area contributed by atoms with E-state index in [1.54, 1.807) is 0 Å². The van der Waals surface area contributed by atoms with Gasteiger partial charge in [0.2, 0.25) is 0 Å². The van der Waals surface area contributed by atoms with Gasteiger partial charge in [-0.25, -0.2) is 38.7 Å². The van der Waals surface area contributed by atoms with Crippen LogP contribution in [0.1, 0.15) is 12.8 Å². The zero-order valence-corrected chi connectivity index (χ0v) is 8.99. The average Bonchev–Trinajstić information content (AvgIpc) is 2.31. The van der Waals surface area contributed by atoms with Crippen LogP contribution in [0.4, 0.5) is 0 Å². The van der Waals surface area contributed by atoms with Gasteiger partial charge in [0.05, 0.1) is 12.8 Å². The summed E-state index contributed by atoms with van der Waals surface area (Å²) in [4.78, 5) is 60.4. The van der Waals surface area contributed by atoms with Crippen molar-refractivity contribution in [1.29, 1.82) is 0 Å². The van der Waals surface area contributed by atoms with Crippen molar-refractivity contribution in [2.45, 2.75) is 24.9 Å². The molecule has 1 saturated heterocycles. The average molecular weight is 262 g/mol. The topological polar surface area (TPSA) is 157 Å². The normalized spacial score (nSPS) is 27.0. The predicted molar refractivity (Wildman–Crippen MR) is 49.6 cm³/mol. The summed E-state index contributed by atoms with van der Waals surface area (Å²) in [5.74, 6) is -4.46. The smallest absolute Gasteiger partial charge is 0.318 e. The number of hydrogen-bond acceptors (Lipinski definition) is 10. The van der Waals surface area contributed by atoms with Gasteiger partial charge in [0.25, 0.3) is 0 Å². The quantitative estimate of drug-likeness (QED) is 0.444. The van der Waals surface area contributed by atoms with Crippen LogP contribution in [0, 0.1) is 0 Å². The Kier molecular flexibility index (Phi) is 4.57. The molecule has 2 atom stereocenters. The van der Waals surface area contributed by atoms with E-state index in [0.717, 1.165) is 0 Å². The lowest BCUT2D eigenvalue weighted by molar-refractivity contribution is -0.269. The van der Waals surface area contributed by atoms with Gasteiger partial charge in [-0.05, 0) is 0 Å². The first-order valence-electron chi connectivity index (χ1n) is 4.73. The monoisotopic (exact) mass is 262 g/mol. The molecule has 1 heterocycles. The number of nitrogens with two attached hydrogens (primary N) is 2. The lowest BCUT2D eigenvalue weighted by Gasteiger charge is -2.12. The van der Waals surface area contributed by atoms with Crippen LogP contribution in [-0.4, -0.2) is 36.0 Å². The highest BCUT2D eigenvalue weighted by Gasteiger charge is 2.28. The van der Waals surface area contributed by atoms with Gasteiger partial charge >= 0.3 is 23.9 Å². The minimum Gasteiger partial charge on any atom is -0.318 e. The molecule has 0 radical (unpaired) electrons. The van der Waals surface area contributed by atoms with Crippen LogP contribution in [0.25, 0.3) is 0 Å². The Bertz CT molecular complexity index is 345. The Morgan fingerprint density at radius 1 is 0.722 bits per heavy atom. The minimum atomic E-state index is -1.42. The van der Waals surface area contributed by atoms with Crippen molar-refractivity contribution in [1.82, 2.24) is 0 Å². The second kappa shape index (κ2) is 5.93. The van der Waals surface area contributed by atoms with Crippen molar-refractivity contribution in [3.8, 4) is 0 Å². The van der Waals surface area contributed by atoms with Crippen LogP contribution >= 0.6 is 0 Å². The van der Waals surface area contributed by atoms with E-state index in [-0.39, 0.29) is 0 Å². The summed E-state index contributed by atoms with van der Waals surface area (Å²) >= 11 is 0. The van der Waals surface area contributed by atoms with Crippen molar-refractivity contribution >= 4 is 23.9 Å². The Hall–Kier alpha value is -2.20. The first kappa shape index (κ1) is 13.9. The molecule has 2 unspecified atom stereocenters. The van der Waals surface area contributed by atoms with E-state index in [2.05, 4.69) is 19.6 Å². The molecule has 0 aromatic rings. The van der Waals surface area contributed by atoms with Crippen LogP contribution < -0.4 is 11.5 Å². The van der Waals surface area contributed by atoms with Crippen molar-refractivity contribution in [3.05, 3.63) is 0 Å². The number of rotatable bonds is 0. The fraction of sp³-hybridized carbons (Fsp3) is 0.500. The third-order valence-corrected chi connectivity index (χ3v) is 1.81. The largest absolute Gasteiger partial charge is 0.372 e. The van der Waals surface area contributed by atoms with Gasteiger partial charge < -0.3 is 11.5 Å². The first-order valence-corrected chi connectivity index (χ1v) is 4.73. The van der Waals surface area contributed by atoms with E-state index in [4.69, 9.17) is 11.5 Å². The van der Waals surface area contributed by atoms with Gasteiger partial charge in [-0.2, -0.15) is 0 Å². The van der Waals surface area contributed by atoms with E-state index in [0.29, 0.717) is 0 Å². The number of hydrogen-bond donors (Lipinski definition) is 2. The SMILES string of the molecule is NC1CC(=O)OOC(=O)C(N)CC(=O)OOC1=O. The molecule has 10 nitrogen and oxygen atoms in total. The molecule has 0 spiro atoms. The Labute approximate surface area is 99.9 Å². The molecule has 18 heavy (non-hydrogen) atoms. The summed E-state index contributed by atoms with van der Waals surface area (Å²) < 4.78 is 0. The highest BCUT2D eigenvalue weighted by Crippen LogP contribution is 2.03. The van der Waals surface area contributed by atoms with Gasteiger partial charge in [-0.1, -0.05) is 0 Å². The third kappa shape index (κ3) is 3.99. The molecule has 0 saturated carbocycles. The van der Waals surface area contributed by atoms with Crippen LogP contribution in [0.5, 0.6) is 0 Å². The van der Waals surface area contributed by atoms with E-state index < -0.39 is 48.8 Å². The highest BCUT2D eigenvalue weighted by atomic mass is 17.2. The van der Waals surface area contributed by atoms with Crippen LogP contribution in [0.2, 0.25) is 0 Å². The minimum absolute atomic E-state index is 0.626. The molecule has 0 aliphatic carbocycles. The zero-order valence-electron chi connectivity index (χ0n) is 8.99. The summed E-state index contributed by atoms with van der Waals surface area (Å²) in [7, 11) is 0. The van der Waals surface area contributed by atoms with E-state index in [1.165, 1.54) is 0 Å². The molecule has 4 N–H and O–H groups in total.